The van der Waals surface area contributed by atoms with E-state index in [0.29, 0.717) is 12.6 Å². The van der Waals surface area contributed by atoms with E-state index in [1.165, 1.54) is 11.1 Å². The Morgan fingerprint density at radius 2 is 2.62 bits per heavy atom. The number of hydrogen-bond acceptors (Lipinski definition) is 3. The molecule has 1 aliphatic heterocycles. The van der Waals surface area contributed by atoms with Crippen molar-refractivity contribution in [1.82, 2.24) is 15.1 Å². The smallest absolute Gasteiger partial charge is 0.266 e. The summed E-state index contributed by atoms with van der Waals surface area (Å²) >= 11 is 0. The molecule has 1 atom stereocenters. The van der Waals surface area contributed by atoms with Crippen molar-refractivity contribution in [2.45, 2.75) is 25.4 Å². The molecule has 0 saturated carbocycles. The van der Waals surface area contributed by atoms with Crippen LogP contribution < -0.4 is 10.9 Å². The van der Waals surface area contributed by atoms with Crippen molar-refractivity contribution in [3.8, 4) is 0 Å². The third-order valence-corrected chi connectivity index (χ3v) is 2.34. The van der Waals surface area contributed by atoms with Crippen LogP contribution in [0.1, 0.15) is 12.8 Å². The Balaban J connectivity index is 2.08. The molecule has 1 aromatic rings. The molecule has 1 saturated heterocycles. The molecule has 1 fully saturated rings. The number of nitrogens with one attached hydrogen (secondary N) is 1. The van der Waals surface area contributed by atoms with Gasteiger partial charge < -0.3 is 5.32 Å². The summed E-state index contributed by atoms with van der Waals surface area (Å²) in [6, 6.07) is 3.63. The molecule has 13 heavy (non-hydrogen) atoms. The number of nitrogens with zero attached hydrogens (tertiary/aromatic N) is 2. The van der Waals surface area contributed by atoms with E-state index in [9.17, 15) is 4.79 Å². The van der Waals surface area contributed by atoms with Gasteiger partial charge in [0.1, 0.15) is 0 Å². The van der Waals surface area contributed by atoms with Gasteiger partial charge in [0.2, 0.25) is 0 Å². The summed E-state index contributed by atoms with van der Waals surface area (Å²) in [5.41, 5.74) is -0.0174. The summed E-state index contributed by atoms with van der Waals surface area (Å²) in [6.07, 6.45) is 3.99. The summed E-state index contributed by atoms with van der Waals surface area (Å²) in [6.45, 7) is 1.76. The largest absolute Gasteiger partial charge is 0.312 e. The van der Waals surface area contributed by atoms with Gasteiger partial charge in [-0.25, -0.2) is 4.68 Å². The summed E-state index contributed by atoms with van der Waals surface area (Å²) in [5.74, 6) is 0. The second kappa shape index (κ2) is 3.70. The first-order valence-electron chi connectivity index (χ1n) is 4.62. The Kier molecular flexibility index (Phi) is 2.40. The molecule has 0 spiro atoms. The van der Waals surface area contributed by atoms with E-state index in [1.807, 2.05) is 0 Å². The molecule has 1 aromatic heterocycles. The van der Waals surface area contributed by atoms with Crippen molar-refractivity contribution < 1.29 is 0 Å². The average Bonchev–Trinajstić information content (AvgIpc) is 2.61. The van der Waals surface area contributed by atoms with Crippen LogP contribution in [0, 0.1) is 0 Å². The quantitative estimate of drug-likeness (QED) is 0.695. The molecule has 1 aliphatic rings. The van der Waals surface area contributed by atoms with Gasteiger partial charge in [-0.3, -0.25) is 4.79 Å². The predicted molar refractivity (Wildman–Crippen MR) is 49.5 cm³/mol. The summed E-state index contributed by atoms with van der Waals surface area (Å²) in [5, 5.41) is 7.34. The second-order valence-electron chi connectivity index (χ2n) is 3.34. The topological polar surface area (TPSA) is 46.9 Å². The normalized spacial score (nSPS) is 22.0. The van der Waals surface area contributed by atoms with Gasteiger partial charge in [0.05, 0.1) is 6.54 Å². The van der Waals surface area contributed by atoms with Gasteiger partial charge in [-0.2, -0.15) is 5.10 Å². The Bertz CT molecular complexity index is 328. The zero-order valence-electron chi connectivity index (χ0n) is 7.44. The lowest BCUT2D eigenvalue weighted by atomic mass is 10.2. The van der Waals surface area contributed by atoms with Crippen molar-refractivity contribution in [2.24, 2.45) is 0 Å². The fourth-order valence-electron chi connectivity index (χ4n) is 1.65. The molecule has 0 aliphatic carbocycles. The van der Waals surface area contributed by atoms with Crippen LogP contribution in [0.25, 0.3) is 0 Å². The summed E-state index contributed by atoms with van der Waals surface area (Å²) in [7, 11) is 0. The summed E-state index contributed by atoms with van der Waals surface area (Å²) < 4.78 is 1.52. The maximum atomic E-state index is 11.3. The Hall–Kier alpha value is -1.16. The van der Waals surface area contributed by atoms with E-state index < -0.39 is 0 Å². The first-order chi connectivity index (χ1) is 6.36. The minimum absolute atomic E-state index is 0.0174. The minimum Gasteiger partial charge on any atom is -0.312 e. The Labute approximate surface area is 76.6 Å². The fraction of sp³-hybridized carbons (Fsp3) is 0.556. The molecule has 0 aromatic carbocycles. The van der Waals surface area contributed by atoms with E-state index in [4.69, 9.17) is 0 Å². The summed E-state index contributed by atoms with van der Waals surface area (Å²) in [4.78, 5) is 11.3. The Morgan fingerprint density at radius 3 is 3.31 bits per heavy atom. The Morgan fingerprint density at radius 1 is 1.69 bits per heavy atom. The predicted octanol–water partition coefficient (Wildman–Crippen LogP) is -0.00470. The zero-order chi connectivity index (χ0) is 9.10. The highest BCUT2D eigenvalue weighted by Gasteiger charge is 2.14. The minimum atomic E-state index is -0.0174. The molecule has 4 nitrogen and oxygen atoms in total. The van der Waals surface area contributed by atoms with E-state index in [-0.39, 0.29) is 5.56 Å². The van der Waals surface area contributed by atoms with Crippen LogP contribution in [-0.4, -0.2) is 22.4 Å². The second-order valence-corrected chi connectivity index (χ2v) is 3.34. The molecule has 0 radical (unpaired) electrons. The zero-order valence-corrected chi connectivity index (χ0v) is 7.44. The fourth-order valence-corrected chi connectivity index (χ4v) is 1.65. The third-order valence-electron chi connectivity index (χ3n) is 2.34. The molecule has 4 heteroatoms. The van der Waals surface area contributed by atoms with Crippen LogP contribution in [0.2, 0.25) is 0 Å². The molecular formula is C9H13N3O. The monoisotopic (exact) mass is 179 g/mol. The number of rotatable bonds is 2. The van der Waals surface area contributed by atoms with Crippen LogP contribution in [0.15, 0.2) is 23.1 Å². The molecule has 1 N–H and O–H groups in total. The molecule has 2 rings (SSSR count). The molecule has 70 valence electrons. The third kappa shape index (κ3) is 1.95. The van der Waals surface area contributed by atoms with E-state index in [1.54, 1.807) is 18.3 Å². The molecule has 0 amide bonds. The molecule has 0 bridgehead atoms. The van der Waals surface area contributed by atoms with Crippen molar-refractivity contribution >= 4 is 0 Å². The van der Waals surface area contributed by atoms with Crippen molar-refractivity contribution in [3.05, 3.63) is 28.7 Å². The molecular weight excluding hydrogens is 166 g/mol. The average molecular weight is 179 g/mol. The van der Waals surface area contributed by atoms with Gasteiger partial charge in [0.25, 0.3) is 5.56 Å². The van der Waals surface area contributed by atoms with E-state index in [0.717, 1.165) is 13.0 Å². The van der Waals surface area contributed by atoms with Gasteiger partial charge >= 0.3 is 0 Å². The van der Waals surface area contributed by atoms with Crippen molar-refractivity contribution in [3.63, 3.8) is 0 Å². The molecule has 1 unspecified atom stereocenters. The van der Waals surface area contributed by atoms with Gasteiger partial charge in [0.15, 0.2) is 0 Å². The lowest BCUT2D eigenvalue weighted by Crippen LogP contribution is -2.33. The number of hydrogen-bond donors (Lipinski definition) is 1. The SMILES string of the molecule is O=c1cccnn1CC1CCCN1. The molecule has 2 heterocycles. The van der Waals surface area contributed by atoms with Crippen LogP contribution in [0.4, 0.5) is 0 Å². The van der Waals surface area contributed by atoms with Gasteiger partial charge in [-0.15, -0.1) is 0 Å². The lowest BCUT2D eigenvalue weighted by molar-refractivity contribution is 0.459. The lowest BCUT2D eigenvalue weighted by Gasteiger charge is -2.10. The van der Waals surface area contributed by atoms with E-state index >= 15 is 0 Å². The first-order valence-corrected chi connectivity index (χ1v) is 4.62. The maximum Gasteiger partial charge on any atom is 0.266 e. The van der Waals surface area contributed by atoms with Crippen LogP contribution >= 0.6 is 0 Å². The van der Waals surface area contributed by atoms with Crippen LogP contribution in [-0.2, 0) is 6.54 Å². The highest BCUT2D eigenvalue weighted by Crippen LogP contribution is 2.05. The van der Waals surface area contributed by atoms with Gasteiger partial charge in [-0.05, 0) is 25.5 Å². The van der Waals surface area contributed by atoms with E-state index in [2.05, 4.69) is 10.4 Å². The van der Waals surface area contributed by atoms with Crippen LogP contribution in [0.5, 0.6) is 0 Å². The highest BCUT2D eigenvalue weighted by molar-refractivity contribution is 4.86. The standard InChI is InChI=1S/C9H13N3O/c13-9-4-2-6-11-12(9)7-8-3-1-5-10-8/h2,4,6,8,10H,1,3,5,7H2. The van der Waals surface area contributed by atoms with Crippen molar-refractivity contribution in [2.75, 3.05) is 6.54 Å². The maximum absolute atomic E-state index is 11.3. The van der Waals surface area contributed by atoms with Crippen molar-refractivity contribution in [1.29, 1.82) is 0 Å². The van der Waals surface area contributed by atoms with Gasteiger partial charge in [0, 0.05) is 18.3 Å². The first kappa shape index (κ1) is 8.44. The van der Waals surface area contributed by atoms with Gasteiger partial charge in [-0.1, -0.05) is 0 Å². The highest BCUT2D eigenvalue weighted by atomic mass is 16.1. The van der Waals surface area contributed by atoms with Crippen LogP contribution in [0.3, 0.4) is 0 Å². The number of aromatic nitrogens is 2.